The van der Waals surface area contributed by atoms with E-state index in [-0.39, 0.29) is 48.0 Å². The average molecular weight is 342 g/mol. The van der Waals surface area contributed by atoms with Crippen molar-refractivity contribution in [3.8, 4) is 0 Å². The molecule has 0 heterocycles. The molecule has 5 nitrogen and oxygen atoms in total. The fourth-order valence-corrected chi connectivity index (χ4v) is 0.956. The fourth-order valence-electron chi connectivity index (χ4n) is 0.956. The van der Waals surface area contributed by atoms with Gasteiger partial charge in [-0.15, -0.1) is 24.0 Å². The Balaban J connectivity index is 0. The summed E-state index contributed by atoms with van der Waals surface area (Å²) in [6.07, 6.45) is 0. The predicted octanol–water partition coefficient (Wildman–Crippen LogP) is 0.832. The lowest BCUT2D eigenvalue weighted by Gasteiger charge is -2.19. The van der Waals surface area contributed by atoms with Crippen LogP contribution in [0.3, 0.4) is 0 Å². The Morgan fingerprint density at radius 2 is 1.88 bits per heavy atom. The van der Waals surface area contributed by atoms with Crippen LogP contribution in [0.5, 0.6) is 0 Å². The van der Waals surface area contributed by atoms with Crippen LogP contribution in [0.1, 0.15) is 34.6 Å². The molecular weight excluding hydrogens is 319 g/mol. The van der Waals surface area contributed by atoms with Crippen molar-refractivity contribution >= 4 is 35.8 Å². The van der Waals surface area contributed by atoms with Gasteiger partial charge in [0, 0.05) is 11.6 Å². The third-order valence-corrected chi connectivity index (χ3v) is 1.34. The number of hydrogen-bond donors (Lipinski definition) is 3. The molecule has 0 spiro atoms. The summed E-state index contributed by atoms with van der Waals surface area (Å²) in [6, 6.07) is 0.222. The van der Waals surface area contributed by atoms with Gasteiger partial charge in [0.05, 0.1) is 0 Å². The first kappa shape index (κ1) is 17.9. The lowest BCUT2D eigenvalue weighted by Crippen LogP contribution is -2.43. The maximum atomic E-state index is 11.3. The molecule has 16 heavy (non-hydrogen) atoms. The summed E-state index contributed by atoms with van der Waals surface area (Å²) in [5.74, 6) is 0.171. The molecule has 0 aliphatic carbocycles. The molecular formula is C10H23IN4O. The zero-order chi connectivity index (χ0) is 12.1. The maximum absolute atomic E-state index is 11.3. The lowest BCUT2D eigenvalue weighted by molar-refractivity contribution is -0.121. The molecule has 6 heteroatoms. The van der Waals surface area contributed by atoms with Gasteiger partial charge in [0.15, 0.2) is 5.96 Å². The summed E-state index contributed by atoms with van der Waals surface area (Å²) in [7, 11) is 0. The number of carbonyl (C=O) groups excluding carboxylic acids is 1. The molecule has 1 amide bonds. The standard InChI is InChI=1S/C10H22N4O.HI/c1-7(2)13-9(11)12-6-8(15)14-10(3,4)5;/h7H,6H2,1-5H3,(H,14,15)(H3,11,12,13);1H. The first-order valence-electron chi connectivity index (χ1n) is 5.08. The molecule has 0 aromatic rings. The molecule has 0 radical (unpaired) electrons. The van der Waals surface area contributed by atoms with Gasteiger partial charge < -0.3 is 16.4 Å². The van der Waals surface area contributed by atoms with E-state index >= 15 is 0 Å². The van der Waals surface area contributed by atoms with Crippen molar-refractivity contribution in [2.24, 2.45) is 10.7 Å². The summed E-state index contributed by atoms with van der Waals surface area (Å²) in [6.45, 7) is 9.73. The molecule has 96 valence electrons. The highest BCUT2D eigenvalue weighted by Gasteiger charge is 2.12. The molecule has 0 aromatic carbocycles. The van der Waals surface area contributed by atoms with Gasteiger partial charge in [0.2, 0.25) is 5.91 Å². The van der Waals surface area contributed by atoms with Crippen molar-refractivity contribution in [2.45, 2.75) is 46.2 Å². The van der Waals surface area contributed by atoms with Crippen LogP contribution in [-0.2, 0) is 4.79 Å². The third kappa shape index (κ3) is 11.5. The average Bonchev–Trinajstić information content (AvgIpc) is 1.96. The number of halogens is 1. The first-order chi connectivity index (χ1) is 6.70. The second-order valence-electron chi connectivity index (χ2n) is 4.80. The van der Waals surface area contributed by atoms with Crippen LogP contribution in [0.15, 0.2) is 4.99 Å². The molecule has 0 fully saturated rings. The third-order valence-electron chi connectivity index (χ3n) is 1.34. The fraction of sp³-hybridized carbons (Fsp3) is 0.800. The van der Waals surface area contributed by atoms with Crippen molar-refractivity contribution in [1.82, 2.24) is 10.6 Å². The Morgan fingerprint density at radius 1 is 1.38 bits per heavy atom. The van der Waals surface area contributed by atoms with Crippen LogP contribution in [0.2, 0.25) is 0 Å². The van der Waals surface area contributed by atoms with Crippen LogP contribution in [0.25, 0.3) is 0 Å². The largest absolute Gasteiger partial charge is 0.370 e. The van der Waals surface area contributed by atoms with Gasteiger partial charge in [-0.2, -0.15) is 0 Å². The molecule has 0 unspecified atom stereocenters. The Hall–Kier alpha value is -0.530. The number of aliphatic imine (C=N–C) groups is 1. The number of nitrogens with two attached hydrogens (primary N) is 1. The van der Waals surface area contributed by atoms with Crippen LogP contribution in [0, 0.1) is 0 Å². The first-order valence-corrected chi connectivity index (χ1v) is 5.08. The minimum atomic E-state index is -0.229. The van der Waals surface area contributed by atoms with Gasteiger partial charge in [-0.1, -0.05) is 0 Å². The van der Waals surface area contributed by atoms with Gasteiger partial charge in [0.25, 0.3) is 0 Å². The second kappa shape index (κ2) is 7.70. The van der Waals surface area contributed by atoms with Gasteiger partial charge in [-0.3, -0.25) is 4.79 Å². The highest BCUT2D eigenvalue weighted by molar-refractivity contribution is 14.0. The van der Waals surface area contributed by atoms with E-state index in [9.17, 15) is 4.79 Å². The number of hydrogen-bond acceptors (Lipinski definition) is 2. The molecule has 0 aromatic heterocycles. The number of nitrogens with one attached hydrogen (secondary N) is 2. The van der Waals surface area contributed by atoms with Gasteiger partial charge in [-0.05, 0) is 34.6 Å². The molecule has 0 rings (SSSR count). The molecule has 0 aliphatic rings. The summed E-state index contributed by atoms with van der Waals surface area (Å²) in [5, 5.41) is 5.71. The lowest BCUT2D eigenvalue weighted by atomic mass is 10.1. The molecule has 0 saturated carbocycles. The van der Waals surface area contributed by atoms with E-state index in [2.05, 4.69) is 15.6 Å². The Bertz CT molecular complexity index is 246. The van der Waals surface area contributed by atoms with Crippen LogP contribution < -0.4 is 16.4 Å². The Labute approximate surface area is 115 Å². The summed E-state index contributed by atoms with van der Waals surface area (Å²) in [5.41, 5.74) is 5.32. The van der Waals surface area contributed by atoms with Gasteiger partial charge in [-0.25, -0.2) is 4.99 Å². The molecule has 0 atom stereocenters. The smallest absolute Gasteiger partial charge is 0.242 e. The normalized spacial score (nSPS) is 12.0. The number of carbonyl (C=O) groups is 1. The summed E-state index contributed by atoms with van der Waals surface area (Å²) >= 11 is 0. The number of guanidine groups is 1. The minimum absolute atomic E-state index is 0. The monoisotopic (exact) mass is 342 g/mol. The van der Waals surface area contributed by atoms with Crippen LogP contribution in [-0.4, -0.2) is 30.0 Å². The van der Waals surface area contributed by atoms with E-state index in [1.807, 2.05) is 34.6 Å². The van der Waals surface area contributed by atoms with Crippen molar-refractivity contribution < 1.29 is 4.79 Å². The molecule has 0 aliphatic heterocycles. The van der Waals surface area contributed by atoms with Crippen LogP contribution >= 0.6 is 24.0 Å². The predicted molar refractivity (Wildman–Crippen MR) is 78.1 cm³/mol. The number of amides is 1. The van der Waals surface area contributed by atoms with E-state index in [4.69, 9.17) is 5.73 Å². The SMILES string of the molecule is CC(C)NC(N)=NCC(=O)NC(C)(C)C.I. The molecule has 0 saturated heterocycles. The quantitative estimate of drug-likeness (QED) is 0.404. The number of rotatable bonds is 3. The minimum Gasteiger partial charge on any atom is -0.370 e. The van der Waals surface area contributed by atoms with E-state index in [1.54, 1.807) is 0 Å². The van der Waals surface area contributed by atoms with E-state index < -0.39 is 0 Å². The number of nitrogens with zero attached hydrogens (tertiary/aromatic N) is 1. The van der Waals surface area contributed by atoms with Gasteiger partial charge in [0.1, 0.15) is 6.54 Å². The van der Waals surface area contributed by atoms with E-state index in [1.165, 1.54) is 0 Å². The Morgan fingerprint density at radius 3 is 2.25 bits per heavy atom. The van der Waals surface area contributed by atoms with Crippen molar-refractivity contribution in [3.05, 3.63) is 0 Å². The van der Waals surface area contributed by atoms with Gasteiger partial charge >= 0.3 is 0 Å². The highest BCUT2D eigenvalue weighted by Crippen LogP contribution is 1.97. The highest BCUT2D eigenvalue weighted by atomic mass is 127. The van der Waals surface area contributed by atoms with Crippen molar-refractivity contribution in [2.75, 3.05) is 6.54 Å². The Kier molecular flexibility index (Phi) is 8.59. The molecule has 4 N–H and O–H groups in total. The van der Waals surface area contributed by atoms with E-state index in [0.29, 0.717) is 5.96 Å². The zero-order valence-electron chi connectivity index (χ0n) is 10.6. The van der Waals surface area contributed by atoms with E-state index in [0.717, 1.165) is 0 Å². The topological polar surface area (TPSA) is 79.5 Å². The summed E-state index contributed by atoms with van der Waals surface area (Å²) in [4.78, 5) is 15.3. The van der Waals surface area contributed by atoms with Crippen molar-refractivity contribution in [1.29, 1.82) is 0 Å². The second-order valence-corrected chi connectivity index (χ2v) is 4.80. The van der Waals surface area contributed by atoms with Crippen LogP contribution in [0.4, 0.5) is 0 Å². The zero-order valence-corrected chi connectivity index (χ0v) is 13.0. The summed E-state index contributed by atoms with van der Waals surface area (Å²) < 4.78 is 0. The molecule has 0 bridgehead atoms. The van der Waals surface area contributed by atoms with Crippen molar-refractivity contribution in [3.63, 3.8) is 0 Å². The maximum Gasteiger partial charge on any atom is 0.242 e.